The fourth-order valence-electron chi connectivity index (χ4n) is 1.09. The molecule has 1 saturated heterocycles. The third-order valence-corrected chi connectivity index (χ3v) is 1.68. The highest BCUT2D eigenvalue weighted by Gasteiger charge is 2.26. The lowest BCUT2D eigenvalue weighted by Crippen LogP contribution is -2.49. The highest BCUT2D eigenvalue weighted by atomic mass is 16.2. The molecular weight excluding hydrogens is 144 g/mol. The molecule has 0 aliphatic carbocycles. The van der Waals surface area contributed by atoms with Crippen molar-refractivity contribution in [3.05, 3.63) is 23.9 Å². The molecule has 0 aromatic rings. The summed E-state index contributed by atoms with van der Waals surface area (Å²) in [5.74, 6) is -0.282. The predicted molar refractivity (Wildman–Crippen MR) is 37.5 cm³/mol. The van der Waals surface area contributed by atoms with Crippen LogP contribution < -0.4 is 5.32 Å². The number of hydrogen-bond acceptors (Lipinski definition) is 2. The Morgan fingerprint density at radius 1 is 1.45 bits per heavy atom. The van der Waals surface area contributed by atoms with Crippen LogP contribution >= 0.6 is 0 Å². The number of imide groups is 1. The van der Waals surface area contributed by atoms with E-state index in [0.717, 1.165) is 0 Å². The molecular formula is C7H6N2O2. The van der Waals surface area contributed by atoms with Gasteiger partial charge in [0.2, 0.25) is 0 Å². The van der Waals surface area contributed by atoms with Crippen LogP contribution in [0.2, 0.25) is 0 Å². The van der Waals surface area contributed by atoms with Crippen LogP contribution in [0.5, 0.6) is 0 Å². The van der Waals surface area contributed by atoms with Crippen molar-refractivity contribution >= 4 is 11.9 Å². The second kappa shape index (κ2) is 1.95. The van der Waals surface area contributed by atoms with Gasteiger partial charge in [-0.25, -0.2) is 4.79 Å². The molecule has 3 amide bonds. The Kier molecular flexibility index (Phi) is 1.09. The van der Waals surface area contributed by atoms with Gasteiger partial charge in [0.05, 0.1) is 6.54 Å². The number of hydrogen-bond donors (Lipinski definition) is 1. The number of nitrogens with zero attached hydrogens (tertiary/aromatic N) is 1. The molecule has 2 bridgehead atoms. The molecule has 11 heavy (non-hydrogen) atoms. The van der Waals surface area contributed by atoms with Crippen LogP contribution in [0.25, 0.3) is 0 Å². The summed E-state index contributed by atoms with van der Waals surface area (Å²) in [4.78, 5) is 23.3. The van der Waals surface area contributed by atoms with E-state index in [1.807, 2.05) is 0 Å². The third kappa shape index (κ3) is 0.832. The van der Waals surface area contributed by atoms with Gasteiger partial charge in [0.1, 0.15) is 0 Å². The lowest BCUT2D eigenvalue weighted by Gasteiger charge is -2.26. The Hall–Kier alpha value is -1.58. The molecule has 4 nitrogen and oxygen atoms in total. The van der Waals surface area contributed by atoms with Gasteiger partial charge >= 0.3 is 6.03 Å². The molecule has 2 heterocycles. The molecule has 0 unspecified atom stereocenters. The smallest absolute Gasteiger partial charge is 0.296 e. The monoisotopic (exact) mass is 150 g/mol. The average molecular weight is 150 g/mol. The number of fused-ring (bicyclic) bond motifs is 2. The second-order valence-electron chi connectivity index (χ2n) is 2.42. The lowest BCUT2D eigenvalue weighted by atomic mass is 10.1. The van der Waals surface area contributed by atoms with E-state index in [1.165, 1.54) is 4.90 Å². The zero-order valence-electron chi connectivity index (χ0n) is 5.70. The zero-order chi connectivity index (χ0) is 7.84. The molecule has 2 rings (SSSR count). The largest absolute Gasteiger partial charge is 0.328 e. The number of nitrogens with one attached hydrogen (secondary N) is 1. The topological polar surface area (TPSA) is 49.4 Å². The summed E-state index contributed by atoms with van der Waals surface area (Å²) in [5, 5.41) is 2.21. The Labute approximate surface area is 63.2 Å². The van der Waals surface area contributed by atoms with Crippen LogP contribution in [-0.2, 0) is 4.79 Å². The first kappa shape index (κ1) is 6.15. The van der Waals surface area contributed by atoms with Crippen molar-refractivity contribution in [3.63, 3.8) is 0 Å². The molecule has 0 aromatic carbocycles. The SMILES string of the molecule is O=C1NC(=O)N2C=CC=C1C2. The van der Waals surface area contributed by atoms with E-state index in [4.69, 9.17) is 0 Å². The minimum atomic E-state index is -0.344. The summed E-state index contributed by atoms with van der Waals surface area (Å²) in [6, 6.07) is -0.344. The van der Waals surface area contributed by atoms with Crippen LogP contribution in [-0.4, -0.2) is 23.4 Å². The van der Waals surface area contributed by atoms with Crippen molar-refractivity contribution in [1.29, 1.82) is 0 Å². The maximum absolute atomic E-state index is 11.0. The first-order chi connectivity index (χ1) is 5.27. The van der Waals surface area contributed by atoms with E-state index in [2.05, 4.69) is 5.32 Å². The molecule has 0 atom stereocenters. The van der Waals surface area contributed by atoms with Crippen molar-refractivity contribution in [3.8, 4) is 0 Å². The number of rotatable bonds is 0. The van der Waals surface area contributed by atoms with Crippen molar-refractivity contribution < 1.29 is 9.59 Å². The average Bonchev–Trinajstić information content (AvgIpc) is 2.02. The van der Waals surface area contributed by atoms with E-state index < -0.39 is 0 Å². The lowest BCUT2D eigenvalue weighted by molar-refractivity contribution is -0.117. The van der Waals surface area contributed by atoms with E-state index in [0.29, 0.717) is 12.1 Å². The molecule has 1 N–H and O–H groups in total. The summed E-state index contributed by atoms with van der Waals surface area (Å²) in [7, 11) is 0. The van der Waals surface area contributed by atoms with Crippen molar-refractivity contribution in [2.75, 3.05) is 6.54 Å². The van der Waals surface area contributed by atoms with Gasteiger partial charge in [-0.1, -0.05) is 6.08 Å². The quantitative estimate of drug-likeness (QED) is 0.528. The minimum absolute atomic E-state index is 0.282. The summed E-state index contributed by atoms with van der Waals surface area (Å²) in [6.45, 7) is 0.404. The number of amides is 3. The Balaban J connectivity index is 2.39. The van der Waals surface area contributed by atoms with Crippen LogP contribution in [0.15, 0.2) is 23.9 Å². The molecule has 56 valence electrons. The van der Waals surface area contributed by atoms with E-state index in [1.54, 1.807) is 18.4 Å². The van der Waals surface area contributed by atoms with Gasteiger partial charge in [0, 0.05) is 11.8 Å². The van der Waals surface area contributed by atoms with Crippen LogP contribution in [0, 0.1) is 0 Å². The van der Waals surface area contributed by atoms with Gasteiger partial charge in [-0.15, -0.1) is 0 Å². The summed E-state index contributed by atoms with van der Waals surface area (Å²) < 4.78 is 0. The number of carbonyl (C=O) groups is 2. The van der Waals surface area contributed by atoms with Gasteiger partial charge in [0.25, 0.3) is 5.91 Å². The van der Waals surface area contributed by atoms with Gasteiger partial charge in [-0.05, 0) is 6.08 Å². The normalized spacial score (nSPS) is 21.5. The third-order valence-electron chi connectivity index (χ3n) is 1.68. The maximum Gasteiger partial charge on any atom is 0.328 e. The molecule has 4 heteroatoms. The van der Waals surface area contributed by atoms with Gasteiger partial charge in [-0.3, -0.25) is 15.0 Å². The number of allylic oxidation sites excluding steroid dienone is 2. The van der Waals surface area contributed by atoms with E-state index in [9.17, 15) is 9.59 Å². The van der Waals surface area contributed by atoms with Crippen LogP contribution in [0.4, 0.5) is 4.79 Å². The molecule has 0 spiro atoms. The first-order valence-corrected chi connectivity index (χ1v) is 3.27. The summed E-state index contributed by atoms with van der Waals surface area (Å²) in [5.41, 5.74) is 0.632. The predicted octanol–water partition coefficient (Wildman–Crippen LogP) is -0.00810. The van der Waals surface area contributed by atoms with E-state index in [-0.39, 0.29) is 11.9 Å². The van der Waals surface area contributed by atoms with Crippen LogP contribution in [0.3, 0.4) is 0 Å². The minimum Gasteiger partial charge on any atom is -0.296 e. The molecule has 1 fully saturated rings. The van der Waals surface area contributed by atoms with Crippen molar-refractivity contribution in [2.24, 2.45) is 0 Å². The van der Waals surface area contributed by atoms with Crippen molar-refractivity contribution in [1.82, 2.24) is 10.2 Å². The summed E-state index contributed by atoms with van der Waals surface area (Å²) in [6.07, 6.45) is 5.04. The van der Waals surface area contributed by atoms with Crippen molar-refractivity contribution in [2.45, 2.75) is 0 Å². The Bertz CT molecular complexity index is 291. The Morgan fingerprint density at radius 2 is 2.27 bits per heavy atom. The summed E-state index contributed by atoms with van der Waals surface area (Å²) >= 11 is 0. The fraction of sp³-hybridized carbons (Fsp3) is 0.143. The van der Waals surface area contributed by atoms with Gasteiger partial charge < -0.3 is 0 Å². The Morgan fingerprint density at radius 3 is 3.09 bits per heavy atom. The maximum atomic E-state index is 11.0. The van der Waals surface area contributed by atoms with Gasteiger partial charge in [0.15, 0.2) is 0 Å². The zero-order valence-corrected chi connectivity index (χ0v) is 5.70. The molecule has 2 aliphatic rings. The molecule has 0 radical (unpaired) electrons. The molecule has 0 aromatic heterocycles. The van der Waals surface area contributed by atoms with Gasteiger partial charge in [-0.2, -0.15) is 0 Å². The molecule has 2 aliphatic heterocycles. The standard InChI is InChI=1S/C7H6N2O2/c10-6-5-2-1-3-9(4-5)7(11)8-6/h1-3H,4H2,(H,8,10,11). The van der Waals surface area contributed by atoms with E-state index >= 15 is 0 Å². The number of carbonyl (C=O) groups excluding carboxylic acids is 2. The highest BCUT2D eigenvalue weighted by molar-refractivity contribution is 6.07. The van der Waals surface area contributed by atoms with Crippen LogP contribution in [0.1, 0.15) is 0 Å². The highest BCUT2D eigenvalue weighted by Crippen LogP contribution is 2.11. The molecule has 0 saturated carbocycles. The second-order valence-corrected chi connectivity index (χ2v) is 2.42. The first-order valence-electron chi connectivity index (χ1n) is 3.27. The number of urea groups is 1. The fourth-order valence-corrected chi connectivity index (χ4v) is 1.09.